The molecule has 1 amide bonds. The number of hydrogen-bond acceptors (Lipinski definition) is 7. The number of imidazole rings is 1. The molecule has 0 bridgehead atoms. The van der Waals surface area contributed by atoms with E-state index in [0.29, 0.717) is 11.7 Å². The number of nitrogens with one attached hydrogen (secondary N) is 2. The van der Waals surface area contributed by atoms with E-state index in [9.17, 15) is 18.3 Å². The molecule has 0 spiro atoms. The number of aryl methyl sites for hydroxylation is 1. The maximum atomic E-state index is 13.7. The smallest absolute Gasteiger partial charge is 0.241 e. The van der Waals surface area contributed by atoms with Crippen molar-refractivity contribution in [2.24, 2.45) is 0 Å². The van der Waals surface area contributed by atoms with Gasteiger partial charge in [0.25, 0.3) is 0 Å². The molecule has 6 aromatic rings. The summed E-state index contributed by atoms with van der Waals surface area (Å²) in [6.45, 7) is 2.29. The average Bonchev–Trinajstić information content (AvgIpc) is 3.55. The zero-order chi connectivity index (χ0) is 39.9. The molecule has 0 radical (unpaired) electrons. The number of hydrogen-bond donors (Lipinski definition) is 3. The Morgan fingerprint density at radius 3 is 2.05 bits per heavy atom. The van der Waals surface area contributed by atoms with Gasteiger partial charge in [0.15, 0.2) is 11.4 Å². The Morgan fingerprint density at radius 1 is 0.789 bits per heavy atom. The zero-order valence-corrected chi connectivity index (χ0v) is 33.4. The molecule has 13 heteroatoms. The van der Waals surface area contributed by atoms with Crippen LogP contribution in [-0.4, -0.2) is 41.1 Å². The number of aliphatic hydroxyl groups is 1. The van der Waals surface area contributed by atoms with Crippen LogP contribution in [0, 0.1) is 6.92 Å². The van der Waals surface area contributed by atoms with Gasteiger partial charge in [0.05, 0.1) is 36.6 Å². The van der Waals surface area contributed by atoms with E-state index in [1.807, 2.05) is 116 Å². The van der Waals surface area contributed by atoms with Crippen LogP contribution < -0.4 is 10.0 Å². The Balaban J connectivity index is 1.11. The van der Waals surface area contributed by atoms with Crippen molar-refractivity contribution in [2.75, 3.05) is 0 Å². The Labute approximate surface area is 342 Å². The number of rotatable bonds is 14. The summed E-state index contributed by atoms with van der Waals surface area (Å²) in [5, 5.41) is 13.2. The quantitative estimate of drug-likeness (QED) is 0.102. The van der Waals surface area contributed by atoms with Gasteiger partial charge in [-0.3, -0.25) is 4.79 Å². The number of aliphatic hydroxyl groups excluding tert-OH is 1. The van der Waals surface area contributed by atoms with E-state index in [2.05, 4.69) is 15.0 Å². The fraction of sp³-hybridized carbons (Fsp3) is 0.227. The molecule has 5 atom stereocenters. The summed E-state index contributed by atoms with van der Waals surface area (Å²) in [5.41, 5.74) is 5.99. The molecule has 1 fully saturated rings. The molecule has 5 aromatic carbocycles. The van der Waals surface area contributed by atoms with E-state index in [0.717, 1.165) is 38.9 Å². The third-order valence-electron chi connectivity index (χ3n) is 10.0. The van der Waals surface area contributed by atoms with Gasteiger partial charge in [-0.2, -0.15) is 4.72 Å². The topological polar surface area (TPSA) is 132 Å². The number of halogens is 2. The molecule has 1 saturated heterocycles. The number of amides is 1. The largest absolute Gasteiger partial charge is 0.392 e. The minimum Gasteiger partial charge on any atom is -0.392 e. The van der Waals surface area contributed by atoms with Gasteiger partial charge in [0, 0.05) is 18.0 Å². The highest BCUT2D eigenvalue weighted by atomic mass is 35.5. The lowest BCUT2D eigenvalue weighted by Gasteiger charge is -2.43. The first-order chi connectivity index (χ1) is 27.6. The number of carbonyl (C=O) groups is 1. The van der Waals surface area contributed by atoms with Gasteiger partial charge in [-0.15, -0.1) is 0 Å². The van der Waals surface area contributed by atoms with Crippen LogP contribution in [0.4, 0.5) is 0 Å². The number of nitrogens with zero attached hydrogens (tertiary/aromatic N) is 2. The standard InChI is InChI=1S/C44H42Cl2N4O6S/c1-29-12-22-36(23-13-29)57(53,54)49-37(24-30-8-4-2-5-9-30)43(52)47-25-31-14-20-35(21-15-31)44-55-38(26-50-28-48-41(45)42(50)46)39(33-10-6-3-7-11-33)40(56-44)34-18-16-32(27-51)17-19-34/h2-23,28,37-40,44,49,51H,24-27H2,1H3,(H,47,52)/t37-,38-,39-,40+,44?/m1/s1. The molecule has 294 valence electrons. The second kappa shape index (κ2) is 18.2. The van der Waals surface area contributed by atoms with Crippen LogP contribution in [0.3, 0.4) is 0 Å². The van der Waals surface area contributed by atoms with Crippen molar-refractivity contribution in [1.29, 1.82) is 0 Å². The maximum Gasteiger partial charge on any atom is 0.241 e. The average molecular weight is 826 g/mol. The Morgan fingerprint density at radius 2 is 1.42 bits per heavy atom. The van der Waals surface area contributed by atoms with Crippen molar-refractivity contribution in [3.05, 3.63) is 189 Å². The Hall–Kier alpha value is -4.85. The highest BCUT2D eigenvalue weighted by Crippen LogP contribution is 2.47. The van der Waals surface area contributed by atoms with Crippen molar-refractivity contribution in [3.63, 3.8) is 0 Å². The highest BCUT2D eigenvalue weighted by molar-refractivity contribution is 7.89. The lowest BCUT2D eigenvalue weighted by Crippen LogP contribution is -2.47. The van der Waals surface area contributed by atoms with Crippen molar-refractivity contribution < 1.29 is 27.8 Å². The summed E-state index contributed by atoms with van der Waals surface area (Å²) in [4.78, 5) is 17.9. The molecule has 2 heterocycles. The normalized spacial score (nSPS) is 18.9. The molecule has 1 aliphatic rings. The summed E-state index contributed by atoms with van der Waals surface area (Å²) >= 11 is 12.8. The minimum absolute atomic E-state index is 0.0777. The first-order valence-electron chi connectivity index (χ1n) is 18.5. The van der Waals surface area contributed by atoms with Crippen molar-refractivity contribution in [2.45, 2.75) is 68.4 Å². The van der Waals surface area contributed by atoms with E-state index in [1.54, 1.807) is 23.0 Å². The maximum absolute atomic E-state index is 13.7. The highest BCUT2D eigenvalue weighted by Gasteiger charge is 2.42. The van der Waals surface area contributed by atoms with Gasteiger partial charge in [-0.05, 0) is 53.3 Å². The minimum atomic E-state index is -3.99. The fourth-order valence-corrected chi connectivity index (χ4v) is 8.45. The Kier molecular flexibility index (Phi) is 12.9. The third kappa shape index (κ3) is 9.82. The summed E-state index contributed by atoms with van der Waals surface area (Å²) in [5.74, 6) is -0.720. The summed E-state index contributed by atoms with van der Waals surface area (Å²) < 4.78 is 44.7. The van der Waals surface area contributed by atoms with Crippen LogP contribution >= 0.6 is 23.2 Å². The molecule has 1 unspecified atom stereocenters. The number of ether oxygens (including phenoxy) is 2. The molecule has 3 N–H and O–H groups in total. The lowest BCUT2D eigenvalue weighted by atomic mass is 9.83. The second-order valence-corrected chi connectivity index (χ2v) is 16.4. The van der Waals surface area contributed by atoms with Crippen LogP contribution in [0.2, 0.25) is 10.3 Å². The first-order valence-corrected chi connectivity index (χ1v) is 20.7. The van der Waals surface area contributed by atoms with Crippen LogP contribution in [0.25, 0.3) is 0 Å². The van der Waals surface area contributed by atoms with Gasteiger partial charge in [0.2, 0.25) is 15.9 Å². The van der Waals surface area contributed by atoms with E-state index < -0.39 is 40.5 Å². The second-order valence-electron chi connectivity index (χ2n) is 14.0. The third-order valence-corrected chi connectivity index (χ3v) is 12.3. The van der Waals surface area contributed by atoms with E-state index in [1.165, 1.54) is 12.1 Å². The zero-order valence-electron chi connectivity index (χ0n) is 31.0. The molecule has 1 aliphatic heterocycles. The first kappa shape index (κ1) is 40.4. The van der Waals surface area contributed by atoms with Crippen LogP contribution in [0.15, 0.2) is 145 Å². The molecule has 1 aromatic heterocycles. The van der Waals surface area contributed by atoms with Crippen molar-refractivity contribution in [1.82, 2.24) is 19.6 Å². The molecule has 57 heavy (non-hydrogen) atoms. The lowest BCUT2D eigenvalue weighted by molar-refractivity contribution is -0.263. The van der Waals surface area contributed by atoms with Crippen LogP contribution in [-0.2, 0) is 50.4 Å². The van der Waals surface area contributed by atoms with Crippen molar-refractivity contribution >= 4 is 39.1 Å². The van der Waals surface area contributed by atoms with E-state index >= 15 is 0 Å². The molecule has 0 aliphatic carbocycles. The van der Waals surface area contributed by atoms with E-state index in [-0.39, 0.29) is 35.5 Å². The number of aromatic nitrogens is 2. The van der Waals surface area contributed by atoms with Gasteiger partial charge in [0.1, 0.15) is 11.2 Å². The van der Waals surface area contributed by atoms with Gasteiger partial charge >= 0.3 is 0 Å². The molecular formula is C44H42Cl2N4O6S. The SMILES string of the molecule is Cc1ccc(S(=O)(=O)N[C@H](Cc2ccccc2)C(=O)NCc2ccc(C3O[C@H](Cn4cnc(Cl)c4Cl)[C@@H](c4ccccc4)[C@H](c4ccc(CO)cc4)O3)cc2)cc1. The Bertz CT molecular complexity index is 2360. The van der Waals surface area contributed by atoms with Crippen LogP contribution in [0.1, 0.15) is 57.3 Å². The predicted molar refractivity (Wildman–Crippen MR) is 219 cm³/mol. The number of carbonyl (C=O) groups excluding carboxylic acids is 1. The van der Waals surface area contributed by atoms with Gasteiger partial charge in [-0.1, -0.05) is 150 Å². The summed E-state index contributed by atoms with van der Waals surface area (Å²) in [6.07, 6.45) is 0.0716. The number of sulfonamides is 1. The number of benzene rings is 5. The van der Waals surface area contributed by atoms with Crippen LogP contribution in [0.5, 0.6) is 0 Å². The van der Waals surface area contributed by atoms with Gasteiger partial charge < -0.3 is 24.5 Å². The molecular weight excluding hydrogens is 783 g/mol. The predicted octanol–water partition coefficient (Wildman–Crippen LogP) is 7.84. The molecule has 10 nitrogen and oxygen atoms in total. The summed E-state index contributed by atoms with van der Waals surface area (Å²) in [6, 6.07) is 39.9. The monoisotopic (exact) mass is 824 g/mol. The van der Waals surface area contributed by atoms with Crippen molar-refractivity contribution in [3.8, 4) is 0 Å². The summed E-state index contributed by atoms with van der Waals surface area (Å²) in [7, 11) is -3.99. The molecule has 7 rings (SSSR count). The molecule has 0 saturated carbocycles. The van der Waals surface area contributed by atoms with Gasteiger partial charge in [-0.25, -0.2) is 13.4 Å². The fourth-order valence-electron chi connectivity index (χ4n) is 6.94. The van der Waals surface area contributed by atoms with E-state index in [4.69, 9.17) is 32.7 Å².